The summed E-state index contributed by atoms with van der Waals surface area (Å²) >= 11 is -5.30. The van der Waals surface area contributed by atoms with E-state index in [2.05, 4.69) is 163 Å². The van der Waals surface area contributed by atoms with Crippen LogP contribution in [-0.2, 0) is 25.6 Å². The molecular weight excluding hydrogens is 734 g/mol. The van der Waals surface area contributed by atoms with Crippen LogP contribution in [0.5, 0.6) is 0 Å². The van der Waals surface area contributed by atoms with Crippen LogP contribution in [0.2, 0.25) is 3.67 Å². The first-order valence-corrected chi connectivity index (χ1v) is 34.9. The fraction of sp³-hybridized carbons (Fsp3) is 0.263. The maximum atomic E-state index is 8.76. The Hall–Kier alpha value is -1.97. The monoisotopic (exact) mass is 774 g/mol. The van der Waals surface area contributed by atoms with Gasteiger partial charge in [0.15, 0.2) is 0 Å². The topological polar surface area (TPSA) is 0 Å². The molecule has 2 aliphatic carbocycles. The Labute approximate surface area is 260 Å². The fourth-order valence-electron chi connectivity index (χ4n) is 6.98. The molecule has 4 aromatic rings. The van der Waals surface area contributed by atoms with E-state index in [1.807, 2.05) is 0 Å². The van der Waals surface area contributed by atoms with Crippen molar-refractivity contribution in [3.63, 3.8) is 0 Å². The van der Waals surface area contributed by atoms with Gasteiger partial charge in [0.25, 0.3) is 0 Å². The number of fused-ring (bicyclic) bond motifs is 3. The van der Waals surface area contributed by atoms with Gasteiger partial charge in [0.2, 0.25) is 0 Å². The molecule has 4 aromatic carbocycles. The zero-order valence-corrected chi connectivity index (χ0v) is 31.6. The van der Waals surface area contributed by atoms with E-state index in [1.54, 1.807) is 0 Å². The first-order valence-electron chi connectivity index (χ1n) is 15.0. The number of rotatable bonds is 4. The van der Waals surface area contributed by atoms with E-state index in [1.165, 1.54) is 43.8 Å². The van der Waals surface area contributed by atoms with E-state index < -0.39 is 20.3 Å². The molecule has 0 heterocycles. The Kier molecular flexibility index (Phi) is 7.58. The Morgan fingerprint density at radius 2 is 0.976 bits per heavy atom. The van der Waals surface area contributed by atoms with Crippen LogP contribution in [0, 0.1) is 0 Å². The van der Waals surface area contributed by atoms with Gasteiger partial charge in [0.1, 0.15) is 0 Å². The Bertz CT molecular complexity index is 1680. The van der Waals surface area contributed by atoms with Gasteiger partial charge in [0, 0.05) is 0 Å². The summed E-state index contributed by atoms with van der Waals surface area (Å²) in [5.74, 6) is 0. The second kappa shape index (κ2) is 10.6. The van der Waals surface area contributed by atoms with E-state index in [0.29, 0.717) is 0 Å². The summed E-state index contributed by atoms with van der Waals surface area (Å²) in [4.78, 5) is 0. The van der Waals surface area contributed by atoms with Gasteiger partial charge in [-0.3, -0.25) is 0 Å². The summed E-state index contributed by atoms with van der Waals surface area (Å²) in [5, 5.41) is 2.60. The van der Waals surface area contributed by atoms with Gasteiger partial charge in [-0.25, -0.2) is 0 Å². The molecule has 6 rings (SSSR count). The van der Waals surface area contributed by atoms with Crippen molar-refractivity contribution in [2.45, 2.75) is 59.7 Å². The van der Waals surface area contributed by atoms with E-state index in [0.717, 1.165) is 0 Å². The molecule has 0 radical (unpaired) electrons. The molecule has 0 saturated heterocycles. The molecular formula is C38H40Cl2HfSi. The fourth-order valence-corrected chi connectivity index (χ4v) is 63.9. The van der Waals surface area contributed by atoms with Gasteiger partial charge >= 0.3 is 262 Å². The Morgan fingerprint density at radius 3 is 1.36 bits per heavy atom. The van der Waals surface area contributed by atoms with Crippen LogP contribution in [0.3, 0.4) is 0 Å². The second-order valence-corrected chi connectivity index (χ2v) is 63.1. The van der Waals surface area contributed by atoms with Crippen LogP contribution in [0.4, 0.5) is 0 Å². The van der Waals surface area contributed by atoms with Crippen molar-refractivity contribution in [2.75, 3.05) is 0 Å². The second-order valence-electron chi connectivity index (χ2n) is 14.1. The van der Waals surface area contributed by atoms with Crippen LogP contribution in [-0.4, -0.2) is 5.49 Å². The Balaban J connectivity index is 1.84. The summed E-state index contributed by atoms with van der Waals surface area (Å²) in [6.07, 6.45) is 8.94. The molecule has 0 N–H and O–H groups in total. The van der Waals surface area contributed by atoms with Crippen LogP contribution in [0.1, 0.15) is 67.5 Å². The molecule has 4 heteroatoms. The zero-order chi connectivity index (χ0) is 29.9. The van der Waals surface area contributed by atoms with Gasteiger partial charge in [0.05, 0.1) is 0 Å². The molecule has 0 nitrogen and oxygen atoms in total. The quantitative estimate of drug-likeness (QED) is 0.181. The van der Waals surface area contributed by atoms with Crippen molar-refractivity contribution in [3.8, 4) is 11.1 Å². The minimum atomic E-state index is -5.30. The van der Waals surface area contributed by atoms with Crippen molar-refractivity contribution in [3.05, 3.63) is 144 Å². The van der Waals surface area contributed by atoms with E-state index in [4.69, 9.17) is 17.2 Å². The average molecular weight is 774 g/mol. The normalized spacial score (nSPS) is 15.6. The molecule has 0 atom stereocenters. The summed E-state index contributed by atoms with van der Waals surface area (Å²) in [5.41, 5.74) is 6.28. The van der Waals surface area contributed by atoms with Crippen molar-refractivity contribution < 1.29 is 14.8 Å². The number of halogens is 2. The molecule has 0 unspecified atom stereocenters. The zero-order valence-electron chi connectivity index (χ0n) is 25.5. The SMILES string of the molecule is CC(C)(C)c1ccc2c(c1)[CH]([Hf]([Cl])([Cl])([CH]1C=CC=C1)=[Si](c1ccccc1)c1ccccc1)c1cc(C(C)(C)C)ccc1-2. The molecule has 0 fully saturated rings. The minimum absolute atomic E-state index is 0.00968. The third kappa shape index (κ3) is 4.91. The van der Waals surface area contributed by atoms with Crippen molar-refractivity contribution in [1.82, 2.24) is 0 Å². The van der Waals surface area contributed by atoms with Gasteiger partial charge in [-0.15, -0.1) is 0 Å². The summed E-state index contributed by atoms with van der Waals surface area (Å²) in [7, 11) is 17.5. The predicted octanol–water partition coefficient (Wildman–Crippen LogP) is 10.1. The summed E-state index contributed by atoms with van der Waals surface area (Å²) in [6, 6.07) is 36.1. The van der Waals surface area contributed by atoms with Crippen molar-refractivity contribution in [2.24, 2.45) is 0 Å². The number of hydrogen-bond donors (Lipinski definition) is 0. The third-order valence-corrected chi connectivity index (χ3v) is 62.4. The van der Waals surface area contributed by atoms with E-state index in [-0.39, 0.29) is 18.2 Å². The van der Waals surface area contributed by atoms with Crippen LogP contribution in [0.25, 0.3) is 11.1 Å². The molecule has 0 spiro atoms. The van der Waals surface area contributed by atoms with Gasteiger partial charge in [-0.2, -0.15) is 0 Å². The average Bonchev–Trinajstić information content (AvgIpc) is 3.61. The Morgan fingerprint density at radius 1 is 0.571 bits per heavy atom. The third-order valence-electron chi connectivity index (χ3n) is 9.24. The summed E-state index contributed by atoms with van der Waals surface area (Å²) in [6.45, 7) is 13.8. The maximum absolute atomic E-state index is 8.76. The molecule has 2 aliphatic rings. The standard InChI is InChI=1S/C21H25.C12H10Si.C5H5.2ClH.Hf/c1-20(2,3)16-7-9-18-14(12-16)11-15-13-17(21(4,5)6)8-10-19(15)18;1-3-7-11(8-4-1)13-12-9-5-2-6-10-12;1-2-4-5-3-1;;;/h7-13H,1-6H3;1-10H;1-5H;2*1H;/q;;;;;+2/p-2. The molecule has 0 amide bonds. The predicted molar refractivity (Wildman–Crippen MR) is 183 cm³/mol. The van der Waals surface area contributed by atoms with Crippen LogP contribution in [0.15, 0.2) is 121 Å². The molecule has 42 heavy (non-hydrogen) atoms. The van der Waals surface area contributed by atoms with Gasteiger partial charge in [-0.05, 0) is 0 Å². The van der Waals surface area contributed by atoms with Crippen molar-refractivity contribution in [1.29, 1.82) is 0 Å². The van der Waals surface area contributed by atoms with Crippen LogP contribution < -0.4 is 10.4 Å². The molecule has 0 bridgehead atoms. The molecule has 214 valence electrons. The molecule has 0 aliphatic heterocycles. The number of benzene rings is 4. The van der Waals surface area contributed by atoms with Crippen LogP contribution >= 0.6 is 17.2 Å². The number of hydrogen-bond acceptors (Lipinski definition) is 0. The van der Waals surface area contributed by atoms with Gasteiger partial charge < -0.3 is 0 Å². The number of allylic oxidation sites excluding steroid dienone is 4. The first kappa shape index (κ1) is 30.1. The first-order chi connectivity index (χ1) is 19.8. The summed E-state index contributed by atoms with van der Waals surface area (Å²) < 4.78 is -0.00773. The van der Waals surface area contributed by atoms with E-state index in [9.17, 15) is 0 Å². The van der Waals surface area contributed by atoms with Gasteiger partial charge in [-0.1, -0.05) is 0 Å². The molecule has 0 aromatic heterocycles. The van der Waals surface area contributed by atoms with Crippen molar-refractivity contribution >= 4 is 33.0 Å². The molecule has 0 saturated carbocycles. The van der Waals surface area contributed by atoms with E-state index >= 15 is 0 Å².